The lowest BCUT2D eigenvalue weighted by Crippen LogP contribution is -2.46. The van der Waals surface area contributed by atoms with Gasteiger partial charge in [-0.3, -0.25) is 4.79 Å². The third-order valence-corrected chi connectivity index (χ3v) is 4.16. The first-order valence-corrected chi connectivity index (χ1v) is 6.81. The number of hydrogen-bond acceptors (Lipinski definition) is 3. The van der Waals surface area contributed by atoms with Crippen molar-refractivity contribution in [3.8, 4) is 0 Å². The summed E-state index contributed by atoms with van der Waals surface area (Å²) < 4.78 is 5.31. The minimum atomic E-state index is -0.518. The van der Waals surface area contributed by atoms with Crippen LogP contribution in [-0.2, 0) is 9.53 Å². The molecule has 1 aromatic rings. The highest BCUT2D eigenvalue weighted by molar-refractivity contribution is 6.31. The lowest BCUT2D eigenvalue weighted by Gasteiger charge is -2.34. The Morgan fingerprint density at radius 3 is 2.65 bits per heavy atom. The van der Waals surface area contributed by atoms with Crippen molar-refractivity contribution in [2.24, 2.45) is 11.1 Å². The van der Waals surface area contributed by atoms with E-state index in [-0.39, 0.29) is 18.3 Å². The molecule has 1 heterocycles. The van der Waals surface area contributed by atoms with Crippen LogP contribution in [0, 0.1) is 12.3 Å². The summed E-state index contributed by atoms with van der Waals surface area (Å²) in [5.41, 5.74) is 6.98. The molecule has 2 rings (SSSR count). The Hall–Kier alpha value is -0.810. The maximum Gasteiger partial charge on any atom is 0.232 e. The largest absolute Gasteiger partial charge is 0.381 e. The molecule has 1 aromatic carbocycles. The summed E-state index contributed by atoms with van der Waals surface area (Å²) >= 11 is 6.06. The first kappa shape index (κ1) is 17.2. The van der Waals surface area contributed by atoms with Crippen molar-refractivity contribution in [2.75, 3.05) is 25.1 Å². The quantitative estimate of drug-likeness (QED) is 0.900. The van der Waals surface area contributed by atoms with Gasteiger partial charge >= 0.3 is 0 Å². The van der Waals surface area contributed by atoms with E-state index in [4.69, 9.17) is 22.1 Å². The van der Waals surface area contributed by atoms with Crippen LogP contribution in [0.15, 0.2) is 18.2 Å². The van der Waals surface area contributed by atoms with Gasteiger partial charge in [0.15, 0.2) is 0 Å². The number of rotatable bonds is 3. The summed E-state index contributed by atoms with van der Waals surface area (Å²) in [7, 11) is 0. The van der Waals surface area contributed by atoms with Crippen LogP contribution in [0.1, 0.15) is 18.4 Å². The first-order valence-electron chi connectivity index (χ1n) is 6.43. The molecule has 4 nitrogen and oxygen atoms in total. The van der Waals surface area contributed by atoms with Crippen molar-refractivity contribution in [1.82, 2.24) is 0 Å². The van der Waals surface area contributed by atoms with Crippen LogP contribution < -0.4 is 11.1 Å². The number of carbonyl (C=O) groups excluding carboxylic acids is 1. The number of anilines is 1. The minimum Gasteiger partial charge on any atom is -0.381 e. The molecule has 0 atom stereocenters. The Morgan fingerprint density at radius 1 is 1.45 bits per heavy atom. The van der Waals surface area contributed by atoms with Gasteiger partial charge in [0.25, 0.3) is 0 Å². The first-order chi connectivity index (χ1) is 9.07. The van der Waals surface area contributed by atoms with Crippen LogP contribution in [0.5, 0.6) is 0 Å². The summed E-state index contributed by atoms with van der Waals surface area (Å²) in [5, 5.41) is 3.56. The zero-order chi connectivity index (χ0) is 13.9. The number of carbonyl (C=O) groups is 1. The van der Waals surface area contributed by atoms with E-state index >= 15 is 0 Å². The Kier molecular flexibility index (Phi) is 6.27. The third kappa shape index (κ3) is 3.64. The Balaban J connectivity index is 0.00000200. The van der Waals surface area contributed by atoms with Gasteiger partial charge in [-0.25, -0.2) is 0 Å². The van der Waals surface area contributed by atoms with Gasteiger partial charge in [-0.2, -0.15) is 0 Å². The summed E-state index contributed by atoms with van der Waals surface area (Å²) in [6.45, 7) is 3.42. The topological polar surface area (TPSA) is 64.4 Å². The predicted molar refractivity (Wildman–Crippen MR) is 83.6 cm³/mol. The van der Waals surface area contributed by atoms with E-state index in [1.165, 1.54) is 0 Å². The van der Waals surface area contributed by atoms with Gasteiger partial charge in [0, 0.05) is 30.5 Å². The fourth-order valence-corrected chi connectivity index (χ4v) is 2.40. The second-order valence-corrected chi connectivity index (χ2v) is 5.42. The van der Waals surface area contributed by atoms with Gasteiger partial charge in [-0.1, -0.05) is 17.7 Å². The molecule has 0 aromatic heterocycles. The number of nitrogens with two attached hydrogens (primary N) is 1. The van der Waals surface area contributed by atoms with Crippen LogP contribution in [0.25, 0.3) is 0 Å². The van der Waals surface area contributed by atoms with Gasteiger partial charge in [0.2, 0.25) is 5.91 Å². The zero-order valence-electron chi connectivity index (χ0n) is 11.4. The van der Waals surface area contributed by atoms with Gasteiger partial charge < -0.3 is 15.8 Å². The lowest BCUT2D eigenvalue weighted by molar-refractivity contribution is -0.130. The van der Waals surface area contributed by atoms with Crippen LogP contribution in [0.3, 0.4) is 0 Å². The molecule has 20 heavy (non-hydrogen) atoms. The van der Waals surface area contributed by atoms with Gasteiger partial charge in [0.05, 0.1) is 5.41 Å². The number of benzene rings is 1. The van der Waals surface area contributed by atoms with Crippen LogP contribution in [-0.4, -0.2) is 25.7 Å². The van der Waals surface area contributed by atoms with E-state index in [0.29, 0.717) is 43.3 Å². The van der Waals surface area contributed by atoms with Crippen LogP contribution in [0.2, 0.25) is 5.02 Å². The highest BCUT2D eigenvalue weighted by atomic mass is 35.5. The molecule has 1 amide bonds. The Labute approximate surface area is 130 Å². The monoisotopic (exact) mass is 318 g/mol. The third-order valence-electron chi connectivity index (χ3n) is 3.75. The normalized spacial score (nSPS) is 17.1. The number of halogens is 2. The molecule has 0 unspecified atom stereocenters. The summed E-state index contributed by atoms with van der Waals surface area (Å²) in [4.78, 5) is 12.4. The van der Waals surface area contributed by atoms with Crippen molar-refractivity contribution in [1.29, 1.82) is 0 Å². The lowest BCUT2D eigenvalue weighted by atomic mass is 9.79. The number of aryl methyl sites for hydroxylation is 1. The molecule has 0 saturated carbocycles. The highest BCUT2D eigenvalue weighted by Crippen LogP contribution is 2.31. The van der Waals surface area contributed by atoms with E-state index < -0.39 is 5.41 Å². The minimum absolute atomic E-state index is 0. The summed E-state index contributed by atoms with van der Waals surface area (Å²) in [5.74, 6) is -0.0433. The van der Waals surface area contributed by atoms with E-state index in [1.54, 1.807) is 6.07 Å². The summed E-state index contributed by atoms with van der Waals surface area (Å²) in [6.07, 6.45) is 1.32. The van der Waals surface area contributed by atoms with E-state index in [0.717, 1.165) is 5.56 Å². The SMILES string of the molecule is Cc1ccc(NC(=O)C2(CN)CCOCC2)cc1Cl.Cl. The van der Waals surface area contributed by atoms with Crippen molar-refractivity contribution < 1.29 is 9.53 Å². The van der Waals surface area contributed by atoms with Gasteiger partial charge in [-0.15, -0.1) is 12.4 Å². The van der Waals surface area contributed by atoms with Crippen molar-refractivity contribution in [3.63, 3.8) is 0 Å². The molecule has 1 aliphatic rings. The van der Waals surface area contributed by atoms with Crippen molar-refractivity contribution in [2.45, 2.75) is 19.8 Å². The number of nitrogens with one attached hydrogen (secondary N) is 1. The smallest absolute Gasteiger partial charge is 0.232 e. The van der Waals surface area contributed by atoms with Crippen molar-refractivity contribution in [3.05, 3.63) is 28.8 Å². The van der Waals surface area contributed by atoms with Crippen molar-refractivity contribution >= 4 is 35.6 Å². The average Bonchev–Trinajstić information content (AvgIpc) is 2.43. The zero-order valence-corrected chi connectivity index (χ0v) is 13.0. The average molecular weight is 319 g/mol. The highest BCUT2D eigenvalue weighted by Gasteiger charge is 2.38. The number of hydrogen-bond donors (Lipinski definition) is 2. The number of ether oxygens (including phenoxy) is 1. The fourth-order valence-electron chi connectivity index (χ4n) is 2.22. The predicted octanol–water partition coefficient (Wildman–Crippen LogP) is 2.76. The van der Waals surface area contributed by atoms with Gasteiger partial charge in [0.1, 0.15) is 0 Å². The Morgan fingerprint density at radius 2 is 2.10 bits per heavy atom. The molecule has 112 valence electrons. The van der Waals surface area contributed by atoms with E-state index in [9.17, 15) is 4.79 Å². The van der Waals surface area contributed by atoms with Crippen LogP contribution in [0.4, 0.5) is 5.69 Å². The molecule has 1 aliphatic heterocycles. The molecule has 0 spiro atoms. The molecule has 6 heteroatoms. The molecule has 3 N–H and O–H groups in total. The van der Waals surface area contributed by atoms with E-state index in [1.807, 2.05) is 19.1 Å². The van der Waals surface area contributed by atoms with E-state index in [2.05, 4.69) is 5.32 Å². The summed E-state index contributed by atoms with van der Waals surface area (Å²) in [6, 6.07) is 5.50. The molecule has 1 fully saturated rings. The molecule has 1 saturated heterocycles. The molecule has 0 aliphatic carbocycles. The molecule has 0 radical (unpaired) electrons. The second kappa shape index (κ2) is 7.27. The molecular weight excluding hydrogens is 299 g/mol. The van der Waals surface area contributed by atoms with Crippen LogP contribution >= 0.6 is 24.0 Å². The van der Waals surface area contributed by atoms with Gasteiger partial charge in [-0.05, 0) is 37.5 Å². The molecular formula is C14H20Cl2N2O2. The molecule has 0 bridgehead atoms. The standard InChI is InChI=1S/C14H19ClN2O2.ClH/c1-10-2-3-11(8-12(10)15)17-13(18)14(9-16)4-6-19-7-5-14;/h2-3,8H,4-7,9,16H2,1H3,(H,17,18);1H. The fraction of sp³-hybridized carbons (Fsp3) is 0.500. The Bertz CT molecular complexity index is 474. The maximum atomic E-state index is 12.4. The maximum absolute atomic E-state index is 12.4. The number of amides is 1. The second-order valence-electron chi connectivity index (χ2n) is 5.01.